The Morgan fingerprint density at radius 1 is 0.525 bits per heavy atom. The van der Waals surface area contributed by atoms with E-state index < -0.39 is 91.5 Å². The minimum atomic E-state index is -2.20. The van der Waals surface area contributed by atoms with E-state index >= 15 is 17.6 Å². The lowest BCUT2D eigenvalue weighted by Gasteiger charge is -2.13. The molecule has 0 amide bonds. The monoisotopic (exact) mass is 552 g/mol. The van der Waals surface area contributed by atoms with E-state index in [9.17, 15) is 22.8 Å². The first-order valence-corrected chi connectivity index (χ1v) is 10.4. The highest BCUT2D eigenvalue weighted by Crippen LogP contribution is 2.59. The molecule has 6 nitrogen and oxygen atoms in total. The molecule has 4 rings (SSSR count). The van der Waals surface area contributed by atoms with Crippen LogP contribution in [-0.2, 0) is 0 Å². The largest absolute Gasteiger partial charge is 0.206 e. The zero-order valence-corrected chi connectivity index (χ0v) is 19.0. The topological polar surface area (TPSA) is 120 Å². The highest BCUT2D eigenvalue weighted by atomic mass is 19.2. The summed E-state index contributed by atoms with van der Waals surface area (Å²) in [5, 5.41) is 35.9. The molecule has 3 aliphatic carbocycles. The first kappa shape index (κ1) is 27.2. The summed E-state index contributed by atoms with van der Waals surface area (Å²) in [4.78, 5) is 5.30. The summed E-state index contributed by atoms with van der Waals surface area (Å²) in [6.45, 7) is 0. The Morgan fingerprint density at radius 2 is 0.900 bits per heavy atom. The van der Waals surface area contributed by atoms with Gasteiger partial charge in [0, 0.05) is 16.7 Å². The zero-order chi connectivity index (χ0) is 29.5. The SMILES string of the molecule is N#CN=C1C(F)=C(F)C(=C2C(=C3C(F)=C(F)C(=NC#N)C(F)=C3F)C2=C(C#N)c2ccc(C#N)cc2)C(F)=C1F. The Labute approximate surface area is 218 Å². The van der Waals surface area contributed by atoms with Crippen LogP contribution in [0.1, 0.15) is 11.1 Å². The van der Waals surface area contributed by atoms with Crippen LogP contribution in [-0.4, -0.2) is 11.4 Å². The van der Waals surface area contributed by atoms with Crippen molar-refractivity contribution in [2.24, 2.45) is 9.98 Å². The van der Waals surface area contributed by atoms with Gasteiger partial charge in [0.2, 0.25) is 12.4 Å². The van der Waals surface area contributed by atoms with Crippen LogP contribution >= 0.6 is 0 Å². The first-order chi connectivity index (χ1) is 19.0. The quantitative estimate of drug-likeness (QED) is 0.213. The van der Waals surface area contributed by atoms with Crippen LogP contribution in [0.3, 0.4) is 0 Å². The van der Waals surface area contributed by atoms with Gasteiger partial charge in [0.15, 0.2) is 58.0 Å². The summed E-state index contributed by atoms with van der Waals surface area (Å²) < 4.78 is 119. The number of rotatable bonds is 1. The molecule has 194 valence electrons. The second-order valence-electron chi connectivity index (χ2n) is 7.68. The molecule has 0 spiro atoms. The first-order valence-electron chi connectivity index (χ1n) is 10.4. The molecule has 1 fully saturated rings. The molecule has 0 unspecified atom stereocenters. The number of nitriles is 4. The molecule has 0 aromatic heterocycles. The van der Waals surface area contributed by atoms with Gasteiger partial charge >= 0.3 is 0 Å². The van der Waals surface area contributed by atoms with Crippen LogP contribution in [0.25, 0.3) is 5.57 Å². The maximum Gasteiger partial charge on any atom is 0.206 e. The summed E-state index contributed by atoms with van der Waals surface area (Å²) in [6.07, 6.45) is 1.88. The summed E-state index contributed by atoms with van der Waals surface area (Å²) in [6, 6.07) is 8.02. The molecule has 0 N–H and O–H groups in total. The molecule has 3 aliphatic rings. The lowest BCUT2D eigenvalue weighted by atomic mass is 9.99. The van der Waals surface area contributed by atoms with Gasteiger partial charge in [0.1, 0.15) is 6.07 Å². The van der Waals surface area contributed by atoms with Crippen LogP contribution < -0.4 is 0 Å². The molecule has 0 heterocycles. The minimum absolute atomic E-state index is 0.0892. The molecule has 0 saturated heterocycles. The molecule has 0 radical (unpaired) electrons. The second-order valence-corrected chi connectivity index (χ2v) is 7.68. The van der Waals surface area contributed by atoms with Crippen molar-refractivity contribution in [3.8, 4) is 24.5 Å². The fraction of sp³-hybridized carbons (Fsp3) is 0. The molecule has 1 aromatic carbocycles. The van der Waals surface area contributed by atoms with E-state index in [1.807, 2.05) is 0 Å². The Kier molecular flexibility index (Phi) is 6.88. The normalized spacial score (nSPS) is 17.1. The number of hydrogen-bond donors (Lipinski definition) is 0. The van der Waals surface area contributed by atoms with E-state index in [2.05, 4.69) is 9.98 Å². The van der Waals surface area contributed by atoms with Gasteiger partial charge in [-0.3, -0.25) is 0 Å². The molecule has 1 saturated carbocycles. The fourth-order valence-electron chi connectivity index (χ4n) is 3.89. The standard InChI is InChI=1S/C26H4F8N6/c27-17-15(18(28)22(32)25(21(17)31)39-7-37)13-12(11(6-36)10-3-1-9(5-35)2-4-10)14(13)16-19(29)23(33)26(40-8-38)24(34)20(16)30/h1-4H. The summed E-state index contributed by atoms with van der Waals surface area (Å²) in [5.74, 6) is -17.6. The van der Waals surface area contributed by atoms with Gasteiger partial charge in [-0.15, -0.1) is 0 Å². The van der Waals surface area contributed by atoms with Crippen LogP contribution in [0, 0.1) is 45.6 Å². The molecular weight excluding hydrogens is 548 g/mol. The van der Waals surface area contributed by atoms with Gasteiger partial charge in [-0.05, 0) is 17.7 Å². The fourth-order valence-corrected chi connectivity index (χ4v) is 3.89. The smallest absolute Gasteiger partial charge is 0.203 e. The third-order valence-electron chi connectivity index (χ3n) is 5.66. The van der Waals surface area contributed by atoms with Gasteiger partial charge < -0.3 is 0 Å². The van der Waals surface area contributed by atoms with Gasteiger partial charge in [-0.2, -0.15) is 31.0 Å². The lowest BCUT2D eigenvalue weighted by Crippen LogP contribution is -2.12. The van der Waals surface area contributed by atoms with Crippen LogP contribution in [0.2, 0.25) is 0 Å². The van der Waals surface area contributed by atoms with Crippen molar-refractivity contribution in [1.29, 1.82) is 21.0 Å². The Balaban J connectivity index is 2.20. The van der Waals surface area contributed by atoms with Crippen molar-refractivity contribution in [3.05, 3.63) is 110 Å². The molecular formula is C26H4F8N6. The van der Waals surface area contributed by atoms with E-state index in [0.717, 1.165) is 24.5 Å². The van der Waals surface area contributed by atoms with Gasteiger partial charge in [0.25, 0.3) is 0 Å². The number of allylic oxidation sites excluding steroid dienone is 14. The third-order valence-corrected chi connectivity index (χ3v) is 5.66. The Bertz CT molecular complexity index is 1730. The second kappa shape index (κ2) is 10.1. The van der Waals surface area contributed by atoms with Crippen molar-refractivity contribution in [2.75, 3.05) is 0 Å². The van der Waals surface area contributed by atoms with Crippen molar-refractivity contribution >= 4 is 17.0 Å². The highest BCUT2D eigenvalue weighted by Gasteiger charge is 2.49. The molecule has 0 bridgehead atoms. The average molecular weight is 552 g/mol. The van der Waals surface area contributed by atoms with Gasteiger partial charge in [0.05, 0.1) is 28.4 Å². The number of hydrogen-bond acceptors (Lipinski definition) is 6. The molecule has 40 heavy (non-hydrogen) atoms. The van der Waals surface area contributed by atoms with Crippen molar-refractivity contribution < 1.29 is 35.1 Å². The van der Waals surface area contributed by atoms with Crippen molar-refractivity contribution in [2.45, 2.75) is 0 Å². The predicted molar refractivity (Wildman–Crippen MR) is 121 cm³/mol. The molecule has 0 aliphatic heterocycles. The maximum atomic E-state index is 15.1. The van der Waals surface area contributed by atoms with Crippen LogP contribution in [0.4, 0.5) is 35.1 Å². The van der Waals surface area contributed by atoms with Gasteiger partial charge in [-0.25, -0.2) is 35.1 Å². The van der Waals surface area contributed by atoms with E-state index in [1.54, 1.807) is 12.1 Å². The molecule has 1 aromatic rings. The average Bonchev–Trinajstić information content (AvgIpc) is 3.65. The molecule has 0 atom stereocenters. The van der Waals surface area contributed by atoms with E-state index in [1.165, 1.54) is 12.1 Å². The minimum Gasteiger partial charge on any atom is -0.203 e. The van der Waals surface area contributed by atoms with E-state index in [-0.39, 0.29) is 11.1 Å². The summed E-state index contributed by atoms with van der Waals surface area (Å²) >= 11 is 0. The third kappa shape index (κ3) is 4.01. The maximum absolute atomic E-state index is 15.1. The highest BCUT2D eigenvalue weighted by molar-refractivity contribution is 6.15. The number of nitrogens with zero attached hydrogens (tertiary/aromatic N) is 6. The number of benzene rings is 1. The Hall–Kier alpha value is -5.86. The lowest BCUT2D eigenvalue weighted by molar-refractivity contribution is 0.513. The predicted octanol–water partition coefficient (Wildman–Crippen LogP) is 6.92. The summed E-state index contributed by atoms with van der Waals surface area (Å²) in [7, 11) is 0. The molecule has 14 heteroatoms. The Morgan fingerprint density at radius 3 is 1.20 bits per heavy atom. The van der Waals surface area contributed by atoms with Crippen LogP contribution in [0.5, 0.6) is 0 Å². The van der Waals surface area contributed by atoms with Crippen LogP contribution in [0.15, 0.2) is 109 Å². The van der Waals surface area contributed by atoms with Crippen molar-refractivity contribution in [3.63, 3.8) is 0 Å². The van der Waals surface area contributed by atoms with Crippen molar-refractivity contribution in [1.82, 2.24) is 0 Å². The number of halogens is 8. The zero-order valence-electron chi connectivity index (χ0n) is 19.0. The van der Waals surface area contributed by atoms with Gasteiger partial charge in [-0.1, -0.05) is 12.1 Å². The van der Waals surface area contributed by atoms with E-state index in [4.69, 9.17) is 15.8 Å². The van der Waals surface area contributed by atoms with E-state index in [0.29, 0.717) is 0 Å². The summed E-state index contributed by atoms with van der Waals surface area (Å²) in [5.41, 5.74) is -10.1. The number of aliphatic imine (C=N–C) groups is 2.